The van der Waals surface area contributed by atoms with Crippen LogP contribution in [0.15, 0.2) is 0 Å². The summed E-state index contributed by atoms with van der Waals surface area (Å²) in [5.41, 5.74) is 2.54. The first kappa shape index (κ1) is 14.2. The van der Waals surface area contributed by atoms with Gasteiger partial charge in [-0.15, -0.1) is 0 Å². The van der Waals surface area contributed by atoms with E-state index in [4.69, 9.17) is 10.6 Å². The van der Waals surface area contributed by atoms with E-state index in [2.05, 4.69) is 42.1 Å². The van der Waals surface area contributed by atoms with Gasteiger partial charge < -0.3 is 19.4 Å². The van der Waals surface area contributed by atoms with Crippen molar-refractivity contribution in [2.75, 3.05) is 74.8 Å². The maximum absolute atomic E-state index is 5.50. The zero-order valence-corrected chi connectivity index (χ0v) is 12.3. The van der Waals surface area contributed by atoms with Crippen LogP contribution >= 0.6 is 0 Å². The first-order valence-electron chi connectivity index (χ1n) is 7.25. The molecule has 3 N–H and O–H groups in total. The van der Waals surface area contributed by atoms with E-state index in [0.29, 0.717) is 31.1 Å². The Morgan fingerprint density at radius 1 is 0.905 bits per heavy atom. The van der Waals surface area contributed by atoms with Crippen molar-refractivity contribution in [3.63, 3.8) is 0 Å². The standard InChI is InChI=1S/C12H22N8O/c1-18-2-4-19(5-3-18)11-14-10(17-13)15-12(16-11)20-6-8-21-9-7-20/h2-9,13H2,1H3,(H,14,15,16,17). The van der Waals surface area contributed by atoms with Gasteiger partial charge in [-0.2, -0.15) is 15.0 Å². The summed E-state index contributed by atoms with van der Waals surface area (Å²) in [6, 6.07) is 0. The second kappa shape index (κ2) is 6.37. The second-order valence-corrected chi connectivity index (χ2v) is 5.29. The molecule has 0 radical (unpaired) electrons. The van der Waals surface area contributed by atoms with E-state index in [0.717, 1.165) is 39.3 Å². The highest BCUT2D eigenvalue weighted by Crippen LogP contribution is 2.18. The average Bonchev–Trinajstić information content (AvgIpc) is 2.56. The summed E-state index contributed by atoms with van der Waals surface area (Å²) in [4.78, 5) is 19.9. The SMILES string of the molecule is CN1CCN(c2nc(NN)nc(N3CCOCC3)n2)CC1. The normalized spacial score (nSPS) is 20.7. The number of anilines is 3. The number of hydrogen-bond donors (Lipinski definition) is 2. The molecule has 0 bridgehead atoms. The highest BCUT2D eigenvalue weighted by molar-refractivity contribution is 5.45. The number of ether oxygens (including phenoxy) is 1. The Hall–Kier alpha value is -1.71. The van der Waals surface area contributed by atoms with Crippen molar-refractivity contribution < 1.29 is 4.74 Å². The number of nitrogens with one attached hydrogen (secondary N) is 1. The van der Waals surface area contributed by atoms with Crippen LogP contribution in [0.4, 0.5) is 17.8 Å². The fourth-order valence-electron chi connectivity index (χ4n) is 2.47. The van der Waals surface area contributed by atoms with Gasteiger partial charge in [0.25, 0.3) is 0 Å². The first-order chi connectivity index (χ1) is 10.3. The van der Waals surface area contributed by atoms with E-state index in [1.165, 1.54) is 0 Å². The number of nitrogens with two attached hydrogens (primary N) is 1. The van der Waals surface area contributed by atoms with Gasteiger partial charge in [0, 0.05) is 39.3 Å². The van der Waals surface area contributed by atoms with Crippen molar-refractivity contribution in [3.05, 3.63) is 0 Å². The molecule has 116 valence electrons. The predicted molar refractivity (Wildman–Crippen MR) is 80.4 cm³/mol. The number of nitrogen functional groups attached to an aromatic ring is 1. The van der Waals surface area contributed by atoms with Crippen molar-refractivity contribution in [3.8, 4) is 0 Å². The molecule has 3 rings (SSSR count). The fourth-order valence-corrected chi connectivity index (χ4v) is 2.47. The molecular weight excluding hydrogens is 272 g/mol. The van der Waals surface area contributed by atoms with E-state index in [1.54, 1.807) is 0 Å². The summed E-state index contributed by atoms with van der Waals surface area (Å²) in [7, 11) is 2.12. The molecule has 2 aliphatic rings. The van der Waals surface area contributed by atoms with Crippen molar-refractivity contribution >= 4 is 17.8 Å². The van der Waals surface area contributed by atoms with Gasteiger partial charge in [0.1, 0.15) is 0 Å². The molecule has 2 fully saturated rings. The van der Waals surface area contributed by atoms with Crippen molar-refractivity contribution in [2.24, 2.45) is 5.84 Å². The van der Waals surface area contributed by atoms with Crippen LogP contribution in [0.5, 0.6) is 0 Å². The summed E-state index contributed by atoms with van der Waals surface area (Å²) >= 11 is 0. The molecule has 2 aliphatic heterocycles. The molecule has 0 aliphatic carbocycles. The van der Waals surface area contributed by atoms with Gasteiger partial charge in [-0.05, 0) is 7.05 Å². The van der Waals surface area contributed by atoms with E-state index in [-0.39, 0.29) is 0 Å². The van der Waals surface area contributed by atoms with Gasteiger partial charge >= 0.3 is 0 Å². The van der Waals surface area contributed by atoms with Crippen LogP contribution in [0.3, 0.4) is 0 Å². The van der Waals surface area contributed by atoms with Crippen LogP contribution in [0.25, 0.3) is 0 Å². The Balaban J connectivity index is 1.82. The summed E-state index contributed by atoms with van der Waals surface area (Å²) < 4.78 is 5.37. The van der Waals surface area contributed by atoms with E-state index >= 15 is 0 Å². The molecular formula is C12H22N8O. The first-order valence-corrected chi connectivity index (χ1v) is 7.25. The molecule has 21 heavy (non-hydrogen) atoms. The van der Waals surface area contributed by atoms with Gasteiger partial charge in [-0.25, -0.2) is 5.84 Å². The molecule has 0 saturated carbocycles. The van der Waals surface area contributed by atoms with Crippen LogP contribution in [0, 0.1) is 0 Å². The Morgan fingerprint density at radius 2 is 1.48 bits per heavy atom. The number of piperazine rings is 1. The van der Waals surface area contributed by atoms with E-state index in [9.17, 15) is 0 Å². The molecule has 9 heteroatoms. The third kappa shape index (κ3) is 3.31. The highest BCUT2D eigenvalue weighted by atomic mass is 16.5. The molecule has 1 aromatic rings. The fraction of sp³-hybridized carbons (Fsp3) is 0.750. The minimum atomic E-state index is 0.403. The Labute approximate surface area is 124 Å². The predicted octanol–water partition coefficient (Wildman–Crippen LogP) is -1.25. The largest absolute Gasteiger partial charge is 0.378 e. The number of aromatic nitrogens is 3. The summed E-state index contributed by atoms with van der Waals surface area (Å²) in [5, 5.41) is 0. The lowest BCUT2D eigenvalue weighted by molar-refractivity contribution is 0.122. The minimum Gasteiger partial charge on any atom is -0.378 e. The van der Waals surface area contributed by atoms with Gasteiger partial charge in [0.05, 0.1) is 13.2 Å². The van der Waals surface area contributed by atoms with Crippen molar-refractivity contribution in [2.45, 2.75) is 0 Å². The zero-order valence-electron chi connectivity index (χ0n) is 12.3. The number of hydrogen-bond acceptors (Lipinski definition) is 9. The molecule has 0 spiro atoms. The Morgan fingerprint density at radius 3 is 2.05 bits per heavy atom. The summed E-state index contributed by atoms with van der Waals surface area (Å²) in [5.74, 6) is 7.25. The molecule has 0 amide bonds. The lowest BCUT2D eigenvalue weighted by Crippen LogP contribution is -2.45. The zero-order chi connectivity index (χ0) is 14.7. The smallest absolute Gasteiger partial charge is 0.243 e. The molecule has 0 aromatic carbocycles. The third-order valence-corrected chi connectivity index (χ3v) is 3.82. The number of morpholine rings is 1. The van der Waals surface area contributed by atoms with Crippen molar-refractivity contribution in [1.82, 2.24) is 19.9 Å². The second-order valence-electron chi connectivity index (χ2n) is 5.29. The van der Waals surface area contributed by atoms with Crippen LogP contribution in [0.1, 0.15) is 0 Å². The molecule has 0 atom stereocenters. The quantitative estimate of drug-likeness (QED) is 0.523. The number of rotatable bonds is 3. The molecule has 0 unspecified atom stereocenters. The summed E-state index contributed by atoms with van der Waals surface area (Å²) in [6.07, 6.45) is 0. The topological polar surface area (TPSA) is 95.7 Å². The van der Waals surface area contributed by atoms with Gasteiger partial charge in [0.15, 0.2) is 0 Å². The number of likely N-dealkylation sites (N-methyl/N-ethyl adjacent to an activating group) is 1. The number of hydrazine groups is 1. The van der Waals surface area contributed by atoms with Gasteiger partial charge in [-0.1, -0.05) is 0 Å². The lowest BCUT2D eigenvalue weighted by atomic mass is 10.3. The van der Waals surface area contributed by atoms with Crippen LogP contribution in [-0.4, -0.2) is 79.4 Å². The average molecular weight is 294 g/mol. The maximum Gasteiger partial charge on any atom is 0.243 e. The van der Waals surface area contributed by atoms with Crippen LogP contribution in [-0.2, 0) is 4.74 Å². The maximum atomic E-state index is 5.50. The molecule has 3 heterocycles. The van der Waals surface area contributed by atoms with E-state index in [1.807, 2.05) is 0 Å². The van der Waals surface area contributed by atoms with Gasteiger partial charge in [-0.3, -0.25) is 5.43 Å². The number of nitrogens with zero attached hydrogens (tertiary/aromatic N) is 6. The highest BCUT2D eigenvalue weighted by Gasteiger charge is 2.21. The third-order valence-electron chi connectivity index (χ3n) is 3.82. The van der Waals surface area contributed by atoms with Gasteiger partial charge in [0.2, 0.25) is 17.8 Å². The van der Waals surface area contributed by atoms with Crippen LogP contribution < -0.4 is 21.1 Å². The van der Waals surface area contributed by atoms with Crippen LogP contribution in [0.2, 0.25) is 0 Å². The lowest BCUT2D eigenvalue weighted by Gasteiger charge is -2.33. The minimum absolute atomic E-state index is 0.403. The molecule has 1 aromatic heterocycles. The Bertz CT molecular complexity index is 470. The Kier molecular flexibility index (Phi) is 4.32. The van der Waals surface area contributed by atoms with Crippen molar-refractivity contribution in [1.29, 1.82) is 0 Å². The molecule has 2 saturated heterocycles. The van der Waals surface area contributed by atoms with E-state index < -0.39 is 0 Å². The molecule has 9 nitrogen and oxygen atoms in total. The monoisotopic (exact) mass is 294 g/mol. The summed E-state index contributed by atoms with van der Waals surface area (Å²) in [6.45, 7) is 6.79.